The van der Waals surface area contributed by atoms with Crippen LogP contribution in [-0.2, 0) is 19.3 Å². The maximum absolute atomic E-state index is 13.5. The van der Waals surface area contributed by atoms with Crippen LogP contribution in [0.1, 0.15) is 91.6 Å². The Labute approximate surface area is 508 Å². The van der Waals surface area contributed by atoms with E-state index >= 15 is 0 Å². The first-order valence-electron chi connectivity index (χ1n) is 29.0. The number of fused-ring (bicyclic) bond motifs is 9. The summed E-state index contributed by atoms with van der Waals surface area (Å²) in [6.07, 6.45) is 16.7. The fourth-order valence-electron chi connectivity index (χ4n) is 11.0. The molecule has 0 amide bonds. The Morgan fingerprint density at radius 3 is 1.09 bits per heavy atom. The van der Waals surface area contributed by atoms with E-state index in [0.717, 1.165) is 11.1 Å². The van der Waals surface area contributed by atoms with Crippen LogP contribution in [0.2, 0.25) is 0 Å². The van der Waals surface area contributed by atoms with E-state index in [2.05, 4.69) is 0 Å². The van der Waals surface area contributed by atoms with Crippen molar-refractivity contribution >= 4 is 51.1 Å². The number of rotatable bonds is 10. The number of aryl methyl sites for hydroxylation is 3. The van der Waals surface area contributed by atoms with Gasteiger partial charge in [-0.15, -0.1) is 0 Å². The molecule has 0 unspecified atom stereocenters. The normalized spacial score (nSPS) is 14.7. The van der Waals surface area contributed by atoms with Gasteiger partial charge in [0.25, 0.3) is 0 Å². The molecule has 0 radical (unpaired) electrons. The zero-order valence-electron chi connectivity index (χ0n) is 51.2. The smallest absolute Gasteiger partial charge is 0.204 e. The second-order valence-corrected chi connectivity index (χ2v) is 24.4. The maximum Gasteiger partial charge on any atom is 0.204 e. The maximum atomic E-state index is 13.5. The van der Waals surface area contributed by atoms with E-state index in [4.69, 9.17) is 38.9 Å². The van der Waals surface area contributed by atoms with Crippen molar-refractivity contribution < 1.29 is 53.0 Å². The van der Waals surface area contributed by atoms with Crippen molar-refractivity contribution in [2.24, 2.45) is 11.5 Å². The quantitative estimate of drug-likeness (QED) is 0.0670. The Hall–Kier alpha value is -9.55. The minimum atomic E-state index is -0.559. The molecule has 456 valence electrons. The Morgan fingerprint density at radius 2 is 0.773 bits per heavy atom. The molecule has 88 heavy (non-hydrogen) atoms. The zero-order chi connectivity index (χ0) is 63.5. The van der Waals surface area contributed by atoms with Crippen LogP contribution in [0, 0.1) is 20.8 Å². The van der Waals surface area contributed by atoms with Gasteiger partial charge in [0, 0.05) is 23.2 Å². The second-order valence-electron chi connectivity index (χ2n) is 24.4. The molecule has 0 saturated heterocycles. The van der Waals surface area contributed by atoms with Crippen molar-refractivity contribution in [1.82, 2.24) is 4.90 Å². The average molecular weight is 1190 g/mol. The lowest BCUT2D eigenvalue weighted by Gasteiger charge is -2.30. The second kappa shape index (κ2) is 23.6. The monoisotopic (exact) mass is 1190 g/mol. The summed E-state index contributed by atoms with van der Waals surface area (Å²) in [6.45, 7) is 18.4. The van der Waals surface area contributed by atoms with Crippen LogP contribution in [0.5, 0.6) is 46.0 Å². The van der Waals surface area contributed by atoms with Crippen molar-refractivity contribution in [2.45, 2.75) is 98.4 Å². The van der Waals surface area contributed by atoms with Gasteiger partial charge in [0.15, 0.2) is 16.7 Å². The van der Waals surface area contributed by atoms with Gasteiger partial charge < -0.3 is 69.4 Å². The number of benzene rings is 6. The van der Waals surface area contributed by atoms with Gasteiger partial charge in [-0.2, -0.15) is 0 Å². The highest BCUT2D eigenvalue weighted by molar-refractivity contribution is 5.99. The van der Waals surface area contributed by atoms with Gasteiger partial charge >= 0.3 is 0 Å². The molecule has 9 N–H and O–H groups in total. The molecule has 0 fully saturated rings. The van der Waals surface area contributed by atoms with Gasteiger partial charge in [0.05, 0.1) is 33.4 Å². The molecule has 17 nitrogen and oxygen atoms in total. The van der Waals surface area contributed by atoms with Gasteiger partial charge in [0.2, 0.25) is 16.3 Å². The summed E-state index contributed by atoms with van der Waals surface area (Å²) in [4.78, 5) is 42.1. The number of nitrogens with zero attached hydrogens (tertiary/aromatic N) is 1. The van der Waals surface area contributed by atoms with Crippen LogP contribution in [0.4, 0.5) is 0 Å². The van der Waals surface area contributed by atoms with Gasteiger partial charge in [-0.05, 0) is 185 Å². The third-order valence-corrected chi connectivity index (χ3v) is 15.9. The summed E-state index contributed by atoms with van der Waals surface area (Å²) in [5.41, 5.74) is 18.5. The molecular formula is C71H73N3O14. The number of ether oxygens (including phenoxy) is 3. The van der Waals surface area contributed by atoms with Gasteiger partial charge in [-0.1, -0.05) is 54.1 Å². The summed E-state index contributed by atoms with van der Waals surface area (Å²) in [5.74, 6) is 1.31. The van der Waals surface area contributed by atoms with Gasteiger partial charge in [-0.3, -0.25) is 14.4 Å². The van der Waals surface area contributed by atoms with E-state index in [0.29, 0.717) is 116 Å². The summed E-state index contributed by atoms with van der Waals surface area (Å²) < 4.78 is 36.0. The SMILES string of the molecule is Cc1ccc(-c2coc3c4c(c(CCN(C)C)c(O)c3c2=O)OC(C)(C)C=C4)cc1O.Cc1ccc(-c2coc3c4c(c(CCN)c(O)c3c2=O)OC(C)(C)C=C4)cc1.Cc1ccc(-c2coc3c4c(c(CCN)c(O)c3c2=O)OC(C)(C)C=C4)cc1O. The number of hydrogen-bond donors (Lipinski definition) is 7. The summed E-state index contributed by atoms with van der Waals surface area (Å²) >= 11 is 0. The molecule has 0 aliphatic carbocycles. The van der Waals surface area contributed by atoms with Crippen LogP contribution < -0.4 is 42.0 Å². The van der Waals surface area contributed by atoms with E-state index in [1.165, 1.54) is 30.9 Å². The lowest BCUT2D eigenvalue weighted by molar-refractivity contribution is 0.156. The molecule has 6 heterocycles. The fourth-order valence-corrected chi connectivity index (χ4v) is 11.0. The van der Waals surface area contributed by atoms with E-state index in [1.807, 2.05) is 128 Å². The number of phenolic OH excluding ortho intramolecular Hbond substituents is 5. The highest BCUT2D eigenvalue weighted by atomic mass is 16.5. The number of hydrogen-bond acceptors (Lipinski definition) is 17. The third kappa shape index (κ3) is 11.6. The molecule has 12 rings (SSSR count). The number of likely N-dealkylation sites (N-methyl/N-ethyl adjacent to an activating group) is 1. The van der Waals surface area contributed by atoms with Crippen molar-refractivity contribution in [1.29, 1.82) is 0 Å². The van der Waals surface area contributed by atoms with Gasteiger partial charge in [0.1, 0.15) is 97.7 Å². The van der Waals surface area contributed by atoms with E-state index in [-0.39, 0.29) is 90.0 Å². The first kappa shape index (κ1) is 61.5. The van der Waals surface area contributed by atoms with Gasteiger partial charge in [-0.25, -0.2) is 0 Å². The van der Waals surface area contributed by atoms with Crippen LogP contribution >= 0.6 is 0 Å². The molecule has 6 aromatic carbocycles. The van der Waals surface area contributed by atoms with E-state index in [9.17, 15) is 39.9 Å². The predicted molar refractivity (Wildman–Crippen MR) is 345 cm³/mol. The van der Waals surface area contributed by atoms with E-state index < -0.39 is 16.8 Å². The van der Waals surface area contributed by atoms with Crippen LogP contribution in [0.3, 0.4) is 0 Å². The Balaban J connectivity index is 0.000000146. The topological polar surface area (TPSA) is 275 Å². The molecule has 0 bridgehead atoms. The highest BCUT2D eigenvalue weighted by Gasteiger charge is 2.34. The Bertz CT molecular complexity index is 4560. The molecule has 0 atom stereocenters. The van der Waals surface area contributed by atoms with Crippen molar-refractivity contribution in [3.8, 4) is 79.4 Å². The number of aromatic hydroxyl groups is 5. The van der Waals surface area contributed by atoms with Crippen molar-refractivity contribution in [3.05, 3.63) is 178 Å². The standard InChI is InChI=1S/C25H27NO5.C23H23NO5.C23H23NO4/c1-14-6-7-15(12-19(14)27)18-13-30-24-17-8-10-25(2,3)31-23(17)16(9-11-26(4)5)21(28)20(24)22(18)29;1-12-4-5-13(10-17(12)25)16-11-28-22-15-6-8-23(2,3)29-21(15)14(7-9-24)19(26)18(22)20(16)27;1-13-4-6-14(7-5-13)17-12-27-22-16-8-10-23(2,3)28-21(16)15(9-11-24)19(25)18(22)20(17)26/h6-8,10,12-13,27-28H,9,11H2,1-5H3;4-6,8,10-11,25-26H,7,9,24H2,1-3H3;4-8,10,12,25H,9,11,24H2,1-3H3. The number of nitrogens with two attached hydrogens (primary N) is 2. The van der Waals surface area contributed by atoms with Crippen molar-refractivity contribution in [2.75, 3.05) is 33.7 Å². The Morgan fingerprint density at radius 1 is 0.455 bits per heavy atom. The Kier molecular flexibility index (Phi) is 16.5. The summed E-state index contributed by atoms with van der Waals surface area (Å²) in [5, 5.41) is 53.6. The molecule has 3 aliphatic heterocycles. The molecule has 0 saturated carbocycles. The van der Waals surface area contributed by atoms with Crippen molar-refractivity contribution in [3.63, 3.8) is 0 Å². The third-order valence-electron chi connectivity index (χ3n) is 15.9. The lowest BCUT2D eigenvalue weighted by atomic mass is 9.94. The molecule has 17 heteroatoms. The highest BCUT2D eigenvalue weighted by Crippen LogP contribution is 2.48. The van der Waals surface area contributed by atoms with Crippen LogP contribution in [0.15, 0.2) is 125 Å². The predicted octanol–water partition coefficient (Wildman–Crippen LogP) is 12.5. The lowest BCUT2D eigenvalue weighted by Crippen LogP contribution is -2.29. The largest absolute Gasteiger partial charge is 0.508 e. The average Bonchev–Trinajstić information content (AvgIpc) is 0.971. The zero-order valence-corrected chi connectivity index (χ0v) is 51.2. The van der Waals surface area contributed by atoms with Crippen LogP contribution in [-0.4, -0.2) is 81.0 Å². The minimum Gasteiger partial charge on any atom is -0.508 e. The molecule has 3 aromatic heterocycles. The number of phenols is 5. The minimum absolute atomic E-state index is 0.0812. The molecule has 3 aliphatic rings. The summed E-state index contributed by atoms with van der Waals surface area (Å²) in [7, 11) is 3.90. The summed E-state index contributed by atoms with van der Waals surface area (Å²) in [6, 6.07) is 17.6. The molecule has 0 spiro atoms. The molecule has 9 aromatic rings. The molecular weight excluding hydrogens is 1120 g/mol. The fraction of sp³-hybridized carbons (Fsp3) is 0.282. The first-order chi connectivity index (χ1) is 41.6. The van der Waals surface area contributed by atoms with Crippen LogP contribution in [0.25, 0.3) is 84.5 Å². The first-order valence-corrected chi connectivity index (χ1v) is 29.0. The van der Waals surface area contributed by atoms with E-state index in [1.54, 1.807) is 38.1 Å².